The minimum absolute atomic E-state index is 0.0207. The van der Waals surface area contributed by atoms with Crippen LogP contribution in [0.2, 0.25) is 0 Å². The molecule has 0 unspecified atom stereocenters. The van der Waals surface area contributed by atoms with Crippen molar-refractivity contribution in [3.63, 3.8) is 0 Å². The van der Waals surface area contributed by atoms with Gasteiger partial charge in [0.05, 0.1) is 11.6 Å². The number of nitrogens with one attached hydrogen (secondary N) is 1. The number of hydrogen-bond donors (Lipinski definition) is 1. The number of hydrogen-bond acceptors (Lipinski definition) is 6. The molecule has 4 aromatic rings. The average Bonchev–Trinajstić information content (AvgIpc) is 3.40. The SMILES string of the molecule is Cc1ccc(-c2noc(-c3cccnc3N3CCC(C(=O)N[C@H](C)c4ccc(F)cc4)CC3)n2)cc1. The number of nitrogens with zero attached hydrogens (tertiary/aromatic N) is 4. The zero-order valence-corrected chi connectivity index (χ0v) is 20.3. The molecular formula is C28H28FN5O2. The number of carbonyl (C=O) groups is 1. The molecular weight excluding hydrogens is 457 g/mol. The van der Waals surface area contributed by atoms with Crippen LogP contribution in [-0.2, 0) is 4.79 Å². The molecule has 2 aromatic heterocycles. The standard InChI is InChI=1S/C28H28FN5O2/c1-18-5-7-21(8-6-18)25-32-28(36-33-25)24-4-3-15-30-26(24)34-16-13-22(14-17-34)27(35)31-19(2)20-9-11-23(29)12-10-20/h3-12,15,19,22H,13-14,16-17H2,1-2H3,(H,31,35)/t19-/m1/s1. The first-order valence-corrected chi connectivity index (χ1v) is 12.1. The highest BCUT2D eigenvalue weighted by Crippen LogP contribution is 2.32. The number of aryl methyl sites for hydroxylation is 1. The van der Waals surface area contributed by atoms with Crippen LogP contribution in [0.25, 0.3) is 22.8 Å². The number of halogens is 1. The Kier molecular flexibility index (Phi) is 6.75. The maximum atomic E-state index is 13.2. The van der Waals surface area contributed by atoms with Gasteiger partial charge in [-0.15, -0.1) is 0 Å². The monoisotopic (exact) mass is 485 g/mol. The van der Waals surface area contributed by atoms with E-state index < -0.39 is 0 Å². The number of piperidine rings is 1. The van der Waals surface area contributed by atoms with Crippen molar-refractivity contribution in [1.29, 1.82) is 0 Å². The van der Waals surface area contributed by atoms with Gasteiger partial charge in [-0.25, -0.2) is 9.37 Å². The second-order valence-corrected chi connectivity index (χ2v) is 9.21. The van der Waals surface area contributed by atoms with Crippen molar-refractivity contribution in [3.8, 4) is 22.8 Å². The molecule has 2 aromatic carbocycles. The molecule has 0 aliphatic carbocycles. The van der Waals surface area contributed by atoms with Gasteiger partial charge in [-0.3, -0.25) is 4.79 Å². The Morgan fingerprint density at radius 1 is 1.08 bits per heavy atom. The fraction of sp³-hybridized carbons (Fsp3) is 0.286. The molecule has 184 valence electrons. The molecule has 8 heteroatoms. The molecule has 1 aliphatic rings. The Bertz CT molecular complexity index is 1330. The molecule has 0 spiro atoms. The Hall–Kier alpha value is -4.07. The molecule has 1 atom stereocenters. The van der Waals surface area contributed by atoms with E-state index in [4.69, 9.17) is 4.52 Å². The van der Waals surface area contributed by atoms with E-state index in [1.54, 1.807) is 18.3 Å². The number of benzene rings is 2. The summed E-state index contributed by atoms with van der Waals surface area (Å²) in [6.45, 7) is 5.32. The summed E-state index contributed by atoms with van der Waals surface area (Å²) in [5.41, 5.74) is 3.71. The average molecular weight is 486 g/mol. The van der Waals surface area contributed by atoms with Crippen molar-refractivity contribution in [1.82, 2.24) is 20.4 Å². The first-order valence-electron chi connectivity index (χ1n) is 12.1. The predicted molar refractivity (Wildman–Crippen MR) is 136 cm³/mol. The third kappa shape index (κ3) is 5.12. The molecule has 7 nitrogen and oxygen atoms in total. The molecule has 1 amide bonds. The summed E-state index contributed by atoms with van der Waals surface area (Å²) in [6, 6.07) is 17.8. The molecule has 5 rings (SSSR count). The largest absolute Gasteiger partial charge is 0.356 e. The zero-order chi connectivity index (χ0) is 25.1. The van der Waals surface area contributed by atoms with Crippen LogP contribution < -0.4 is 10.2 Å². The Balaban J connectivity index is 1.25. The van der Waals surface area contributed by atoms with E-state index >= 15 is 0 Å². The van der Waals surface area contributed by atoms with Crippen molar-refractivity contribution >= 4 is 11.7 Å². The highest BCUT2D eigenvalue weighted by molar-refractivity contribution is 5.79. The van der Waals surface area contributed by atoms with Gasteiger partial charge >= 0.3 is 0 Å². The zero-order valence-electron chi connectivity index (χ0n) is 20.3. The third-order valence-corrected chi connectivity index (χ3v) is 6.65. The van der Waals surface area contributed by atoms with Crippen molar-refractivity contribution in [3.05, 3.63) is 83.8 Å². The van der Waals surface area contributed by atoms with Crippen LogP contribution in [0.1, 0.15) is 36.9 Å². The molecule has 1 N–H and O–H groups in total. The van der Waals surface area contributed by atoms with Crippen LogP contribution in [0, 0.1) is 18.7 Å². The van der Waals surface area contributed by atoms with Crippen LogP contribution in [0.3, 0.4) is 0 Å². The summed E-state index contributed by atoms with van der Waals surface area (Å²) in [7, 11) is 0. The number of aromatic nitrogens is 3. The predicted octanol–water partition coefficient (Wildman–Crippen LogP) is 5.34. The molecule has 0 bridgehead atoms. The van der Waals surface area contributed by atoms with Crippen LogP contribution >= 0.6 is 0 Å². The van der Waals surface area contributed by atoms with E-state index in [2.05, 4.69) is 25.3 Å². The lowest BCUT2D eigenvalue weighted by Crippen LogP contribution is -2.41. The second kappa shape index (κ2) is 10.3. The van der Waals surface area contributed by atoms with Gasteiger partial charge in [0.2, 0.25) is 11.7 Å². The molecule has 1 saturated heterocycles. The topological polar surface area (TPSA) is 84.2 Å². The third-order valence-electron chi connectivity index (χ3n) is 6.65. The summed E-state index contributed by atoms with van der Waals surface area (Å²) in [6.07, 6.45) is 3.16. The van der Waals surface area contributed by atoms with Crippen molar-refractivity contribution < 1.29 is 13.7 Å². The summed E-state index contributed by atoms with van der Waals surface area (Å²) >= 11 is 0. The second-order valence-electron chi connectivity index (χ2n) is 9.21. The molecule has 36 heavy (non-hydrogen) atoms. The molecule has 0 saturated carbocycles. The fourth-order valence-electron chi connectivity index (χ4n) is 4.49. The lowest BCUT2D eigenvalue weighted by Gasteiger charge is -2.33. The van der Waals surface area contributed by atoms with Gasteiger partial charge in [0.15, 0.2) is 0 Å². The summed E-state index contributed by atoms with van der Waals surface area (Å²) in [5.74, 6) is 1.37. The Labute approximate surface area is 209 Å². The number of rotatable bonds is 6. The number of pyridine rings is 1. The highest BCUT2D eigenvalue weighted by Gasteiger charge is 2.28. The normalized spacial score (nSPS) is 15.0. The van der Waals surface area contributed by atoms with Gasteiger partial charge in [0.25, 0.3) is 5.89 Å². The lowest BCUT2D eigenvalue weighted by atomic mass is 9.95. The summed E-state index contributed by atoms with van der Waals surface area (Å²) < 4.78 is 18.8. The first-order chi connectivity index (χ1) is 17.5. The van der Waals surface area contributed by atoms with E-state index in [1.165, 1.54) is 17.7 Å². The quantitative estimate of drug-likeness (QED) is 0.397. The molecule has 1 aliphatic heterocycles. The summed E-state index contributed by atoms with van der Waals surface area (Å²) in [4.78, 5) is 24.3. The lowest BCUT2D eigenvalue weighted by molar-refractivity contribution is -0.126. The van der Waals surface area contributed by atoms with Crippen LogP contribution in [0.4, 0.5) is 10.2 Å². The van der Waals surface area contributed by atoms with Crippen molar-refractivity contribution in [2.24, 2.45) is 5.92 Å². The first kappa shape index (κ1) is 23.7. The smallest absolute Gasteiger partial charge is 0.261 e. The van der Waals surface area contributed by atoms with Gasteiger partial charge in [-0.05, 0) is 56.5 Å². The van der Waals surface area contributed by atoms with E-state index in [0.717, 1.165) is 22.5 Å². The minimum Gasteiger partial charge on any atom is -0.356 e. The van der Waals surface area contributed by atoms with Gasteiger partial charge < -0.3 is 14.7 Å². The number of anilines is 1. The highest BCUT2D eigenvalue weighted by atomic mass is 19.1. The van der Waals surface area contributed by atoms with Crippen molar-refractivity contribution in [2.45, 2.75) is 32.7 Å². The van der Waals surface area contributed by atoms with Crippen LogP contribution in [-0.4, -0.2) is 34.1 Å². The summed E-state index contributed by atoms with van der Waals surface area (Å²) in [5, 5.41) is 7.24. The van der Waals surface area contributed by atoms with Crippen LogP contribution in [0.5, 0.6) is 0 Å². The van der Waals surface area contributed by atoms with Gasteiger partial charge in [-0.1, -0.05) is 47.1 Å². The Morgan fingerprint density at radius 3 is 2.53 bits per heavy atom. The number of amides is 1. The molecule has 1 fully saturated rings. The van der Waals surface area contributed by atoms with Crippen LogP contribution in [0.15, 0.2) is 71.4 Å². The van der Waals surface area contributed by atoms with Gasteiger partial charge in [0, 0.05) is 30.8 Å². The minimum atomic E-state index is -0.287. The fourth-order valence-corrected chi connectivity index (χ4v) is 4.49. The molecule has 0 radical (unpaired) electrons. The maximum absolute atomic E-state index is 13.2. The van der Waals surface area contributed by atoms with Gasteiger partial charge in [-0.2, -0.15) is 4.98 Å². The van der Waals surface area contributed by atoms with E-state index in [1.807, 2.05) is 50.2 Å². The van der Waals surface area contributed by atoms with Crippen molar-refractivity contribution in [2.75, 3.05) is 18.0 Å². The number of carbonyl (C=O) groups excluding carboxylic acids is 1. The molecule has 3 heterocycles. The Morgan fingerprint density at radius 2 is 1.81 bits per heavy atom. The van der Waals surface area contributed by atoms with Gasteiger partial charge in [0.1, 0.15) is 11.6 Å². The van der Waals surface area contributed by atoms with E-state index in [9.17, 15) is 9.18 Å². The van der Waals surface area contributed by atoms with E-state index in [0.29, 0.717) is 37.6 Å². The van der Waals surface area contributed by atoms with E-state index in [-0.39, 0.29) is 23.7 Å². The maximum Gasteiger partial charge on any atom is 0.261 e.